The highest BCUT2D eigenvalue weighted by Gasteiger charge is 2.30. The van der Waals surface area contributed by atoms with Crippen molar-refractivity contribution in [2.45, 2.75) is 31.2 Å². The molecule has 3 aliphatic rings. The number of nitrogens with zero attached hydrogens (tertiary/aromatic N) is 1. The zero-order valence-corrected chi connectivity index (χ0v) is 18.3. The standard InChI is InChI=1S/C26H24N4O4/c31-24(32)6-1-16-11-22-15-26(10-8-25(33)34)9-7-21(30-26)13-19-3-2-17(27-19)12-18-4-5-20(28-18)14-23(16)29-22/h2-5,7,9,11-15,27,29-30H,1,6,8,10H2,(H,31,32)(H,33,34)/b18-12-,21-13-,22-15+,23-14-. The molecule has 1 unspecified atom stereocenters. The molecule has 34 heavy (non-hydrogen) atoms. The Morgan fingerprint density at radius 3 is 2.53 bits per heavy atom. The van der Waals surface area contributed by atoms with Gasteiger partial charge in [0.25, 0.3) is 0 Å². The number of allylic oxidation sites excluding steroid dienone is 3. The number of hydrogen-bond acceptors (Lipinski definition) is 4. The van der Waals surface area contributed by atoms with Gasteiger partial charge in [-0.25, -0.2) is 4.99 Å². The molecule has 0 spiro atoms. The van der Waals surface area contributed by atoms with E-state index in [0.717, 1.165) is 44.8 Å². The fourth-order valence-electron chi connectivity index (χ4n) is 4.39. The summed E-state index contributed by atoms with van der Waals surface area (Å²) < 4.78 is 0. The normalized spacial score (nSPS) is 25.1. The van der Waals surface area contributed by atoms with Crippen LogP contribution >= 0.6 is 0 Å². The average Bonchev–Trinajstić information content (AvgIpc) is 3.56. The van der Waals surface area contributed by atoms with Crippen molar-refractivity contribution in [2.75, 3.05) is 0 Å². The first kappa shape index (κ1) is 21.5. The lowest BCUT2D eigenvalue weighted by Gasteiger charge is -2.25. The number of carbonyl (C=O) groups is 2. The lowest BCUT2D eigenvalue weighted by Crippen LogP contribution is -2.39. The number of aryl methyl sites for hydroxylation is 1. The van der Waals surface area contributed by atoms with Crippen LogP contribution in [0.2, 0.25) is 0 Å². The van der Waals surface area contributed by atoms with Gasteiger partial charge in [0.05, 0.1) is 16.9 Å². The Morgan fingerprint density at radius 2 is 1.74 bits per heavy atom. The summed E-state index contributed by atoms with van der Waals surface area (Å²) in [7, 11) is 0. The summed E-state index contributed by atoms with van der Waals surface area (Å²) in [6.45, 7) is 0. The Kier molecular flexibility index (Phi) is 5.41. The maximum absolute atomic E-state index is 11.4. The molecule has 0 fully saturated rings. The van der Waals surface area contributed by atoms with E-state index in [0.29, 0.717) is 12.8 Å². The quantitative estimate of drug-likeness (QED) is 0.454. The molecular weight excluding hydrogens is 432 g/mol. The molecule has 1 atom stereocenters. The third kappa shape index (κ3) is 4.71. The van der Waals surface area contributed by atoms with Gasteiger partial charge in [-0.1, -0.05) is 6.08 Å². The van der Waals surface area contributed by atoms with Crippen molar-refractivity contribution in [1.29, 1.82) is 0 Å². The number of nitrogens with one attached hydrogen (secondary N) is 3. The molecule has 0 aliphatic carbocycles. The fourth-order valence-corrected chi connectivity index (χ4v) is 4.39. The van der Waals surface area contributed by atoms with E-state index in [9.17, 15) is 19.8 Å². The maximum Gasteiger partial charge on any atom is 0.303 e. The number of carboxylic acids is 2. The molecule has 0 radical (unpaired) electrons. The van der Waals surface area contributed by atoms with Gasteiger partial charge < -0.3 is 25.5 Å². The van der Waals surface area contributed by atoms with Crippen LogP contribution in [0.25, 0.3) is 24.3 Å². The molecule has 2 aromatic heterocycles. The fraction of sp³-hybridized carbons (Fsp3) is 0.192. The van der Waals surface area contributed by atoms with Crippen LogP contribution in [-0.4, -0.2) is 43.4 Å². The summed E-state index contributed by atoms with van der Waals surface area (Å²) in [6.07, 6.45) is 16.3. The highest BCUT2D eigenvalue weighted by molar-refractivity contribution is 6.19. The van der Waals surface area contributed by atoms with Gasteiger partial charge in [-0.05, 0) is 79.1 Å². The van der Waals surface area contributed by atoms with E-state index in [2.05, 4.69) is 20.3 Å². The molecule has 5 heterocycles. The van der Waals surface area contributed by atoms with Crippen molar-refractivity contribution in [3.05, 3.63) is 81.5 Å². The van der Waals surface area contributed by atoms with Crippen LogP contribution in [0.1, 0.15) is 36.2 Å². The number of aromatic nitrogens is 2. The lowest BCUT2D eigenvalue weighted by molar-refractivity contribution is -0.138. The molecule has 0 saturated heterocycles. The molecule has 8 nitrogen and oxygen atoms in total. The number of H-pyrrole nitrogens is 2. The molecule has 3 aliphatic heterocycles. The van der Waals surface area contributed by atoms with E-state index in [1.165, 1.54) is 0 Å². The molecule has 8 heteroatoms. The third-order valence-electron chi connectivity index (χ3n) is 5.99. The molecule has 8 bridgehead atoms. The van der Waals surface area contributed by atoms with E-state index in [1.807, 2.05) is 66.8 Å². The number of fused-ring (bicyclic) bond motifs is 7. The van der Waals surface area contributed by atoms with Crippen LogP contribution in [0.4, 0.5) is 0 Å². The van der Waals surface area contributed by atoms with Crippen LogP contribution < -0.4 is 16.0 Å². The Labute approximate surface area is 195 Å². The van der Waals surface area contributed by atoms with Gasteiger partial charge in [0, 0.05) is 40.6 Å². The first-order valence-electron chi connectivity index (χ1n) is 11.1. The molecular formula is C26H24N4O4. The molecule has 172 valence electrons. The number of aliphatic carboxylic acids is 2. The summed E-state index contributed by atoms with van der Waals surface area (Å²) >= 11 is 0. The molecule has 0 aromatic carbocycles. The Hall–Kier alpha value is -4.33. The smallest absolute Gasteiger partial charge is 0.303 e. The zero-order valence-electron chi connectivity index (χ0n) is 18.3. The van der Waals surface area contributed by atoms with E-state index >= 15 is 0 Å². The topological polar surface area (TPSA) is 131 Å². The summed E-state index contributed by atoms with van der Waals surface area (Å²) in [5.41, 5.74) is 4.44. The van der Waals surface area contributed by atoms with Crippen molar-refractivity contribution >= 4 is 42.0 Å². The first-order chi connectivity index (χ1) is 16.4. The Balaban J connectivity index is 1.67. The number of rotatable bonds is 6. The number of hydrogen-bond donors (Lipinski definition) is 5. The predicted octanol–water partition coefficient (Wildman–Crippen LogP) is 2.09. The number of aromatic amines is 2. The first-order valence-corrected chi connectivity index (χ1v) is 11.1. The van der Waals surface area contributed by atoms with Crippen LogP contribution in [0.5, 0.6) is 0 Å². The van der Waals surface area contributed by atoms with E-state index < -0.39 is 17.5 Å². The van der Waals surface area contributed by atoms with Crippen molar-refractivity contribution in [3.63, 3.8) is 0 Å². The van der Waals surface area contributed by atoms with Crippen molar-refractivity contribution < 1.29 is 19.8 Å². The monoisotopic (exact) mass is 456 g/mol. The number of aliphatic imine (C=N–C) groups is 1. The lowest BCUT2D eigenvalue weighted by atomic mass is 9.94. The highest BCUT2D eigenvalue weighted by Crippen LogP contribution is 2.26. The number of carboxylic acid groups (broad SMARTS) is 2. The van der Waals surface area contributed by atoms with Gasteiger partial charge in [-0.3, -0.25) is 9.59 Å². The van der Waals surface area contributed by atoms with Gasteiger partial charge in [0.15, 0.2) is 0 Å². The second-order valence-corrected chi connectivity index (χ2v) is 8.65. The third-order valence-corrected chi connectivity index (χ3v) is 5.99. The minimum atomic E-state index is -0.868. The minimum Gasteiger partial charge on any atom is -0.481 e. The van der Waals surface area contributed by atoms with Gasteiger partial charge in [0.2, 0.25) is 0 Å². The zero-order chi connectivity index (χ0) is 23.7. The largest absolute Gasteiger partial charge is 0.481 e. The van der Waals surface area contributed by atoms with Crippen molar-refractivity contribution in [1.82, 2.24) is 15.3 Å². The molecule has 5 N–H and O–H groups in total. The van der Waals surface area contributed by atoms with Crippen LogP contribution in [-0.2, 0) is 16.0 Å². The predicted molar refractivity (Wildman–Crippen MR) is 130 cm³/mol. The second kappa shape index (κ2) is 8.55. The molecule has 0 saturated carbocycles. The summed E-state index contributed by atoms with van der Waals surface area (Å²) in [4.78, 5) is 34.0. The Morgan fingerprint density at radius 1 is 0.941 bits per heavy atom. The highest BCUT2D eigenvalue weighted by atomic mass is 16.4. The van der Waals surface area contributed by atoms with E-state index in [4.69, 9.17) is 0 Å². The molecule has 0 amide bonds. The second-order valence-electron chi connectivity index (χ2n) is 8.65. The van der Waals surface area contributed by atoms with Gasteiger partial charge in [-0.15, -0.1) is 0 Å². The van der Waals surface area contributed by atoms with Gasteiger partial charge in [0.1, 0.15) is 0 Å². The van der Waals surface area contributed by atoms with E-state index in [-0.39, 0.29) is 12.8 Å². The van der Waals surface area contributed by atoms with Crippen LogP contribution in [0.3, 0.4) is 0 Å². The molecule has 5 rings (SSSR count). The summed E-state index contributed by atoms with van der Waals surface area (Å²) in [5, 5.41) is 23.5. The summed E-state index contributed by atoms with van der Waals surface area (Å²) in [6, 6.07) is 5.89. The SMILES string of the molecule is O=C(O)CCc1c/c2[nH]/c1=C\C1=NC(=C\c3ccc([nH]3)/C=C3/C=CC(CCC(=O)O)(/C=2)N3)/C=C1. The van der Waals surface area contributed by atoms with Crippen molar-refractivity contribution in [2.24, 2.45) is 4.99 Å². The van der Waals surface area contributed by atoms with Crippen molar-refractivity contribution in [3.8, 4) is 0 Å². The minimum absolute atomic E-state index is 0.00545. The average molecular weight is 457 g/mol. The Bertz CT molecular complexity index is 1450. The molecule has 2 aromatic rings. The van der Waals surface area contributed by atoms with Crippen LogP contribution in [0.15, 0.2) is 58.9 Å². The maximum atomic E-state index is 11.4. The van der Waals surface area contributed by atoms with E-state index in [1.54, 1.807) is 0 Å². The van der Waals surface area contributed by atoms with Gasteiger partial charge in [-0.2, -0.15) is 0 Å². The van der Waals surface area contributed by atoms with Crippen LogP contribution in [0, 0.1) is 0 Å². The van der Waals surface area contributed by atoms with Gasteiger partial charge >= 0.3 is 11.9 Å². The summed E-state index contributed by atoms with van der Waals surface area (Å²) in [5.74, 6) is -1.73.